The Morgan fingerprint density at radius 3 is 2.02 bits per heavy atom. The van der Waals surface area contributed by atoms with E-state index in [4.69, 9.17) is 28.8 Å². The van der Waals surface area contributed by atoms with E-state index in [0.29, 0.717) is 11.5 Å². The molecule has 1 saturated heterocycles. The third-order valence-electron chi connectivity index (χ3n) is 7.85. The Morgan fingerprint density at radius 1 is 0.913 bits per heavy atom. The summed E-state index contributed by atoms with van der Waals surface area (Å²) in [6.45, 7) is 1.40. The Balaban J connectivity index is 1.57. The number of hydrogen-bond donors (Lipinski definition) is 2. The number of nitrogens with one attached hydrogen (secondary N) is 1. The van der Waals surface area contributed by atoms with Crippen molar-refractivity contribution in [3.05, 3.63) is 128 Å². The predicted octanol–water partition coefficient (Wildman–Crippen LogP) is 3.54. The van der Waals surface area contributed by atoms with Gasteiger partial charge in [0.15, 0.2) is 0 Å². The number of rotatable bonds is 12. The van der Waals surface area contributed by atoms with Gasteiger partial charge < -0.3 is 28.8 Å². The summed E-state index contributed by atoms with van der Waals surface area (Å²) in [6.07, 6.45) is -2.31. The van der Waals surface area contributed by atoms with Gasteiger partial charge in [0.2, 0.25) is 0 Å². The average molecular weight is 631 g/mol. The van der Waals surface area contributed by atoms with Crippen LogP contribution in [0.25, 0.3) is 0 Å². The SMILES string of the molecule is COc1ccc(C(OC[C@H]2O[C@@H](n3cc(C)c(=O)[nH]c3=O)C[C@@H]2OC(=O)CC(=O)O)(c2ccccc2)c2ccc(OC)cc2)cc1. The van der Waals surface area contributed by atoms with Crippen LogP contribution in [0, 0.1) is 6.92 Å². The molecule has 0 bridgehead atoms. The number of nitrogens with zero attached hydrogens (tertiary/aromatic N) is 1. The van der Waals surface area contributed by atoms with Crippen molar-refractivity contribution in [1.82, 2.24) is 9.55 Å². The number of H-pyrrole nitrogens is 1. The van der Waals surface area contributed by atoms with E-state index < -0.39 is 53.6 Å². The molecule has 1 aromatic heterocycles. The number of benzene rings is 3. The van der Waals surface area contributed by atoms with Crippen LogP contribution >= 0.6 is 0 Å². The number of carboxylic acid groups (broad SMARTS) is 1. The number of carbonyl (C=O) groups excluding carboxylic acids is 1. The maximum Gasteiger partial charge on any atom is 0.330 e. The summed E-state index contributed by atoms with van der Waals surface area (Å²) in [4.78, 5) is 50.7. The van der Waals surface area contributed by atoms with Crippen molar-refractivity contribution in [2.24, 2.45) is 0 Å². The molecule has 12 nitrogen and oxygen atoms in total. The molecule has 0 radical (unpaired) electrons. The molecule has 1 aliphatic rings. The summed E-state index contributed by atoms with van der Waals surface area (Å²) in [7, 11) is 3.16. The summed E-state index contributed by atoms with van der Waals surface area (Å²) in [5.41, 5.74) is 0.124. The Labute approximate surface area is 264 Å². The lowest BCUT2D eigenvalue weighted by Gasteiger charge is -2.37. The fraction of sp³-hybridized carbons (Fsp3) is 0.294. The highest BCUT2D eigenvalue weighted by atomic mass is 16.6. The highest BCUT2D eigenvalue weighted by Crippen LogP contribution is 2.43. The molecule has 0 aliphatic carbocycles. The van der Waals surface area contributed by atoms with Gasteiger partial charge in [-0.3, -0.25) is 23.9 Å². The van der Waals surface area contributed by atoms with Gasteiger partial charge in [0.05, 0.1) is 20.8 Å². The van der Waals surface area contributed by atoms with Gasteiger partial charge >= 0.3 is 17.6 Å². The van der Waals surface area contributed by atoms with Gasteiger partial charge in [-0.1, -0.05) is 54.6 Å². The topological polar surface area (TPSA) is 155 Å². The molecule has 1 fully saturated rings. The quantitative estimate of drug-likeness (QED) is 0.135. The second-order valence-electron chi connectivity index (χ2n) is 10.8. The van der Waals surface area contributed by atoms with E-state index in [2.05, 4.69) is 4.98 Å². The highest BCUT2D eigenvalue weighted by molar-refractivity contribution is 5.90. The fourth-order valence-electron chi connectivity index (χ4n) is 5.56. The molecule has 0 amide bonds. The number of carbonyl (C=O) groups is 2. The summed E-state index contributed by atoms with van der Waals surface area (Å²) in [5.74, 6) is -1.01. The molecule has 2 heterocycles. The molecule has 4 aromatic rings. The van der Waals surface area contributed by atoms with Crippen LogP contribution in [0.4, 0.5) is 0 Å². The molecule has 5 rings (SSSR count). The molecule has 0 saturated carbocycles. The molecule has 46 heavy (non-hydrogen) atoms. The zero-order valence-electron chi connectivity index (χ0n) is 25.5. The van der Waals surface area contributed by atoms with E-state index in [9.17, 15) is 19.2 Å². The standard InChI is InChI=1S/C34H34N2O10/c1-21-19-36(33(41)35-32(21)40)29-17-27(46-31(39)18-30(37)38)28(45-29)20-44-34(22-7-5-4-6-8-22,23-9-13-25(42-2)14-10-23)24-11-15-26(43-3)16-12-24/h4-16,19,27-29H,17-18,20H2,1-3H3,(H,37,38)(H,35,40,41)/t27-,28+,29+/m0/s1. The van der Waals surface area contributed by atoms with E-state index in [1.54, 1.807) is 21.1 Å². The lowest BCUT2D eigenvalue weighted by Crippen LogP contribution is -2.39. The lowest BCUT2D eigenvalue weighted by molar-refractivity contribution is -0.160. The van der Waals surface area contributed by atoms with Crippen molar-refractivity contribution in [1.29, 1.82) is 0 Å². The van der Waals surface area contributed by atoms with Crippen LogP contribution in [0.2, 0.25) is 0 Å². The second kappa shape index (κ2) is 13.8. The fourth-order valence-corrected chi connectivity index (χ4v) is 5.56. The zero-order valence-corrected chi connectivity index (χ0v) is 25.5. The maximum atomic E-state index is 12.7. The number of aliphatic carboxylic acids is 1. The molecular weight excluding hydrogens is 596 g/mol. The Morgan fingerprint density at radius 2 is 1.48 bits per heavy atom. The van der Waals surface area contributed by atoms with E-state index in [1.165, 1.54) is 10.8 Å². The lowest BCUT2D eigenvalue weighted by atomic mass is 9.80. The summed E-state index contributed by atoms with van der Waals surface area (Å²) < 4.78 is 30.8. The first-order valence-corrected chi connectivity index (χ1v) is 14.5. The minimum atomic E-state index is -1.34. The van der Waals surface area contributed by atoms with E-state index in [0.717, 1.165) is 16.7 Å². The van der Waals surface area contributed by atoms with Gasteiger partial charge in [0, 0.05) is 18.2 Å². The number of carboxylic acids is 1. The van der Waals surface area contributed by atoms with Gasteiger partial charge in [-0.25, -0.2) is 4.79 Å². The zero-order chi connectivity index (χ0) is 32.8. The first-order valence-electron chi connectivity index (χ1n) is 14.5. The number of methoxy groups -OCH3 is 2. The van der Waals surface area contributed by atoms with Crippen molar-refractivity contribution in [2.45, 2.75) is 43.8 Å². The van der Waals surface area contributed by atoms with Gasteiger partial charge in [0.25, 0.3) is 5.56 Å². The largest absolute Gasteiger partial charge is 0.497 e. The molecular formula is C34H34N2O10. The smallest absolute Gasteiger partial charge is 0.330 e. The number of esters is 1. The van der Waals surface area contributed by atoms with Gasteiger partial charge in [0.1, 0.15) is 42.0 Å². The van der Waals surface area contributed by atoms with Crippen LogP contribution in [-0.4, -0.2) is 59.6 Å². The first kappa shape index (κ1) is 32.2. The van der Waals surface area contributed by atoms with E-state index in [-0.39, 0.29) is 18.6 Å². The van der Waals surface area contributed by atoms with Gasteiger partial charge in [-0.15, -0.1) is 0 Å². The summed E-state index contributed by atoms with van der Waals surface area (Å²) in [6, 6.07) is 24.4. The number of aromatic amines is 1. The summed E-state index contributed by atoms with van der Waals surface area (Å²) in [5, 5.41) is 9.16. The molecule has 3 aromatic carbocycles. The Hall–Kier alpha value is -5.20. The highest BCUT2D eigenvalue weighted by Gasteiger charge is 2.44. The monoisotopic (exact) mass is 630 g/mol. The van der Waals surface area contributed by atoms with E-state index >= 15 is 0 Å². The number of ether oxygens (including phenoxy) is 5. The molecule has 1 aliphatic heterocycles. The van der Waals surface area contributed by atoms with Crippen LogP contribution < -0.4 is 20.7 Å². The van der Waals surface area contributed by atoms with Crippen molar-refractivity contribution in [2.75, 3.05) is 20.8 Å². The molecule has 3 atom stereocenters. The molecule has 0 unspecified atom stereocenters. The Kier molecular flexibility index (Phi) is 9.69. The van der Waals surface area contributed by atoms with Crippen LogP contribution in [0.3, 0.4) is 0 Å². The second-order valence-corrected chi connectivity index (χ2v) is 10.8. The molecule has 2 N–H and O–H groups in total. The molecule has 0 spiro atoms. The number of aromatic nitrogens is 2. The predicted molar refractivity (Wildman–Crippen MR) is 165 cm³/mol. The van der Waals surface area contributed by atoms with E-state index in [1.807, 2.05) is 78.9 Å². The molecule has 240 valence electrons. The molecule has 12 heteroatoms. The third kappa shape index (κ3) is 6.72. The van der Waals surface area contributed by atoms with Crippen LogP contribution in [0.15, 0.2) is 94.6 Å². The number of hydrogen-bond acceptors (Lipinski definition) is 9. The van der Waals surface area contributed by atoms with Crippen LogP contribution in [0.1, 0.15) is 41.3 Å². The normalized spacial score (nSPS) is 17.8. The van der Waals surface area contributed by atoms with Crippen LogP contribution in [0.5, 0.6) is 11.5 Å². The minimum Gasteiger partial charge on any atom is -0.497 e. The van der Waals surface area contributed by atoms with Crippen molar-refractivity contribution < 1.29 is 38.4 Å². The third-order valence-corrected chi connectivity index (χ3v) is 7.85. The van der Waals surface area contributed by atoms with Crippen molar-refractivity contribution in [3.63, 3.8) is 0 Å². The van der Waals surface area contributed by atoms with Gasteiger partial charge in [-0.05, 0) is 47.9 Å². The van der Waals surface area contributed by atoms with Gasteiger partial charge in [-0.2, -0.15) is 0 Å². The summed E-state index contributed by atoms with van der Waals surface area (Å²) >= 11 is 0. The minimum absolute atomic E-state index is 0.00812. The van der Waals surface area contributed by atoms with Crippen molar-refractivity contribution in [3.8, 4) is 11.5 Å². The maximum absolute atomic E-state index is 12.7. The average Bonchev–Trinajstić information content (AvgIpc) is 3.45. The number of aryl methyl sites for hydroxylation is 1. The van der Waals surface area contributed by atoms with Crippen LogP contribution in [-0.2, 0) is 29.4 Å². The Bertz CT molecular complexity index is 1730. The van der Waals surface area contributed by atoms with Crippen molar-refractivity contribution >= 4 is 11.9 Å². The first-order chi connectivity index (χ1) is 22.1.